The molecule has 0 atom stereocenters. The molecule has 1 heteroatoms. The lowest BCUT2D eigenvalue weighted by Gasteiger charge is -2.26. The second-order valence-electron chi connectivity index (χ2n) is 7.55. The summed E-state index contributed by atoms with van der Waals surface area (Å²) in [4.78, 5) is 4.77. The van der Waals surface area contributed by atoms with E-state index in [4.69, 9.17) is 4.98 Å². The monoisotopic (exact) mass is 255 g/mol. The number of hydrogen-bond acceptors (Lipinski definition) is 1. The van der Waals surface area contributed by atoms with Gasteiger partial charge in [-0.1, -0.05) is 53.7 Å². The zero-order valence-electron chi connectivity index (χ0n) is 13.3. The molecule has 0 amide bonds. The van der Waals surface area contributed by atoms with Crippen molar-refractivity contribution in [1.29, 1.82) is 0 Å². The van der Waals surface area contributed by atoms with Gasteiger partial charge in [-0.3, -0.25) is 4.98 Å². The molecule has 2 rings (SSSR count). The Labute approximate surface area is 117 Å². The molecule has 0 bridgehead atoms. The molecule has 1 heterocycles. The maximum Gasteiger partial charge on any atom is 0.0742 e. The molecule has 0 aliphatic carbocycles. The Morgan fingerprint density at radius 2 is 1.47 bits per heavy atom. The molecule has 1 aromatic carbocycles. The van der Waals surface area contributed by atoms with Gasteiger partial charge in [0.25, 0.3) is 0 Å². The van der Waals surface area contributed by atoms with Gasteiger partial charge in [-0.2, -0.15) is 0 Å². The molecule has 0 N–H and O–H groups in total. The number of hydrogen-bond donors (Lipinski definition) is 0. The van der Waals surface area contributed by atoms with Crippen LogP contribution >= 0.6 is 0 Å². The summed E-state index contributed by atoms with van der Waals surface area (Å²) < 4.78 is 0. The van der Waals surface area contributed by atoms with Crippen molar-refractivity contribution in [3.8, 4) is 0 Å². The molecule has 0 fully saturated rings. The van der Waals surface area contributed by atoms with E-state index < -0.39 is 0 Å². The minimum atomic E-state index is 0.111. The van der Waals surface area contributed by atoms with Crippen molar-refractivity contribution in [2.45, 2.75) is 59.3 Å². The smallest absolute Gasteiger partial charge is 0.0742 e. The number of rotatable bonds is 0. The van der Waals surface area contributed by atoms with Gasteiger partial charge in [-0.15, -0.1) is 0 Å². The van der Waals surface area contributed by atoms with Crippen molar-refractivity contribution in [3.05, 3.63) is 41.1 Å². The first-order valence-corrected chi connectivity index (χ1v) is 7.01. The summed E-state index contributed by atoms with van der Waals surface area (Å²) >= 11 is 0. The van der Waals surface area contributed by atoms with Crippen LogP contribution in [0.15, 0.2) is 24.3 Å². The first kappa shape index (κ1) is 14.0. The van der Waals surface area contributed by atoms with Crippen molar-refractivity contribution in [3.63, 3.8) is 0 Å². The van der Waals surface area contributed by atoms with Crippen LogP contribution in [0.1, 0.15) is 58.4 Å². The molecule has 19 heavy (non-hydrogen) atoms. The van der Waals surface area contributed by atoms with Gasteiger partial charge in [0.1, 0.15) is 0 Å². The number of nitrogens with zero attached hydrogens (tertiary/aromatic N) is 1. The highest BCUT2D eigenvalue weighted by Crippen LogP contribution is 2.34. The summed E-state index contributed by atoms with van der Waals surface area (Å²) in [5, 5.41) is 1.25. The summed E-state index contributed by atoms with van der Waals surface area (Å²) in [6.45, 7) is 15.6. The number of fused-ring (bicyclic) bond motifs is 1. The highest BCUT2D eigenvalue weighted by molar-refractivity contribution is 5.84. The minimum Gasteiger partial charge on any atom is -0.253 e. The van der Waals surface area contributed by atoms with E-state index in [-0.39, 0.29) is 10.8 Å². The van der Waals surface area contributed by atoms with E-state index in [2.05, 4.69) is 72.7 Å². The second kappa shape index (κ2) is 4.33. The lowest BCUT2D eigenvalue weighted by Crippen LogP contribution is -2.17. The Balaban J connectivity index is 2.85. The van der Waals surface area contributed by atoms with Crippen LogP contribution in [0.2, 0.25) is 0 Å². The van der Waals surface area contributed by atoms with Crippen molar-refractivity contribution < 1.29 is 0 Å². The van der Waals surface area contributed by atoms with Gasteiger partial charge < -0.3 is 0 Å². The van der Waals surface area contributed by atoms with E-state index in [9.17, 15) is 0 Å². The van der Waals surface area contributed by atoms with Crippen molar-refractivity contribution in [1.82, 2.24) is 4.98 Å². The Hall–Kier alpha value is -1.37. The van der Waals surface area contributed by atoms with Gasteiger partial charge >= 0.3 is 0 Å². The minimum absolute atomic E-state index is 0.111. The third kappa shape index (κ3) is 2.80. The molecule has 0 saturated carbocycles. The Bertz CT molecular complexity index is 610. The number of aryl methyl sites for hydroxylation is 1. The van der Waals surface area contributed by atoms with Crippen molar-refractivity contribution >= 4 is 10.9 Å². The summed E-state index contributed by atoms with van der Waals surface area (Å²) in [7, 11) is 0. The van der Waals surface area contributed by atoms with Gasteiger partial charge in [0.05, 0.1) is 5.52 Å². The van der Waals surface area contributed by atoms with Gasteiger partial charge in [-0.25, -0.2) is 0 Å². The summed E-state index contributed by atoms with van der Waals surface area (Å²) in [5.41, 5.74) is 5.25. The summed E-state index contributed by atoms with van der Waals surface area (Å²) in [6.07, 6.45) is 0. The Morgan fingerprint density at radius 3 is 2.00 bits per heavy atom. The molecule has 2 aromatic rings. The van der Waals surface area contributed by atoms with Crippen LogP contribution in [0.25, 0.3) is 10.9 Å². The van der Waals surface area contributed by atoms with Crippen LogP contribution < -0.4 is 0 Å². The molecule has 1 nitrogen and oxygen atoms in total. The van der Waals surface area contributed by atoms with E-state index in [1.165, 1.54) is 16.5 Å². The maximum atomic E-state index is 4.77. The highest BCUT2D eigenvalue weighted by atomic mass is 14.7. The normalized spacial score (nSPS) is 13.0. The third-order valence-electron chi connectivity index (χ3n) is 3.61. The molecule has 0 saturated heterocycles. The quantitative estimate of drug-likeness (QED) is 0.635. The van der Waals surface area contributed by atoms with Crippen LogP contribution in [-0.2, 0) is 10.8 Å². The number of aromatic nitrogens is 1. The maximum absolute atomic E-state index is 4.77. The molecular weight excluding hydrogens is 230 g/mol. The molecule has 0 aliphatic rings. The molecular formula is C18H25N. The van der Waals surface area contributed by atoms with Gasteiger partial charge in [0, 0.05) is 11.1 Å². The Morgan fingerprint density at radius 1 is 0.842 bits per heavy atom. The second-order valence-corrected chi connectivity index (χ2v) is 7.55. The average Bonchev–Trinajstić information content (AvgIpc) is 2.24. The average molecular weight is 255 g/mol. The topological polar surface area (TPSA) is 12.9 Å². The molecule has 1 aromatic heterocycles. The van der Waals surface area contributed by atoms with E-state index in [1.807, 2.05) is 0 Å². The van der Waals surface area contributed by atoms with Crippen LogP contribution in [0.4, 0.5) is 0 Å². The Kier molecular flexibility index (Phi) is 3.20. The van der Waals surface area contributed by atoms with E-state index >= 15 is 0 Å². The summed E-state index contributed by atoms with van der Waals surface area (Å²) in [5.74, 6) is 0. The van der Waals surface area contributed by atoms with E-state index in [0.29, 0.717) is 0 Å². The van der Waals surface area contributed by atoms with E-state index in [1.54, 1.807) is 0 Å². The lowest BCUT2D eigenvalue weighted by atomic mass is 9.79. The largest absolute Gasteiger partial charge is 0.253 e. The zero-order chi connectivity index (χ0) is 14.4. The molecule has 0 radical (unpaired) electrons. The zero-order valence-corrected chi connectivity index (χ0v) is 13.3. The van der Waals surface area contributed by atoms with Crippen LogP contribution in [0, 0.1) is 6.92 Å². The fraction of sp³-hybridized carbons (Fsp3) is 0.500. The SMILES string of the molecule is Cc1ccc2cc(C(C)(C)C)cc(C(C)(C)C)c2n1. The first-order valence-electron chi connectivity index (χ1n) is 7.01. The van der Waals surface area contributed by atoms with Gasteiger partial charge in [0.2, 0.25) is 0 Å². The molecule has 0 aliphatic heterocycles. The number of benzene rings is 1. The van der Waals surface area contributed by atoms with Crippen molar-refractivity contribution in [2.24, 2.45) is 0 Å². The lowest BCUT2D eigenvalue weighted by molar-refractivity contribution is 0.572. The predicted molar refractivity (Wildman–Crippen MR) is 83.9 cm³/mol. The fourth-order valence-corrected chi connectivity index (χ4v) is 2.34. The van der Waals surface area contributed by atoms with Crippen LogP contribution in [0.5, 0.6) is 0 Å². The standard InChI is InChI=1S/C18H25N/c1-12-8-9-13-10-14(17(2,3)4)11-15(16(13)19-12)18(5,6)7/h8-11H,1-7H3. The predicted octanol–water partition coefficient (Wildman–Crippen LogP) is 5.14. The number of pyridine rings is 1. The highest BCUT2D eigenvalue weighted by Gasteiger charge is 2.22. The fourth-order valence-electron chi connectivity index (χ4n) is 2.34. The summed E-state index contributed by atoms with van der Waals surface area (Å²) in [6, 6.07) is 8.93. The van der Waals surface area contributed by atoms with Gasteiger partial charge in [-0.05, 0) is 41.0 Å². The molecule has 0 unspecified atom stereocenters. The van der Waals surface area contributed by atoms with Gasteiger partial charge in [0.15, 0.2) is 0 Å². The van der Waals surface area contributed by atoms with Crippen LogP contribution in [-0.4, -0.2) is 4.98 Å². The molecule has 102 valence electrons. The third-order valence-corrected chi connectivity index (χ3v) is 3.61. The molecule has 0 spiro atoms. The first-order chi connectivity index (χ1) is 8.59. The van der Waals surface area contributed by atoms with Crippen molar-refractivity contribution in [2.75, 3.05) is 0 Å². The van der Waals surface area contributed by atoms with Crippen LogP contribution in [0.3, 0.4) is 0 Å². The van der Waals surface area contributed by atoms with E-state index in [0.717, 1.165) is 11.2 Å².